The first-order valence-corrected chi connectivity index (χ1v) is 7.85. The molecule has 108 valence electrons. The lowest BCUT2D eigenvalue weighted by molar-refractivity contribution is 0.261. The minimum Gasteiger partial charge on any atom is -0.330 e. The molecule has 1 aliphatic carbocycles. The summed E-state index contributed by atoms with van der Waals surface area (Å²) in [5.41, 5.74) is 5.61. The molecule has 0 aromatic carbocycles. The van der Waals surface area contributed by atoms with Crippen LogP contribution >= 0.6 is 12.4 Å². The molecule has 0 bridgehead atoms. The second-order valence-electron chi connectivity index (χ2n) is 5.31. The molecule has 2 N–H and O–H groups in total. The molecule has 2 fully saturated rings. The van der Waals surface area contributed by atoms with Crippen molar-refractivity contribution in [1.29, 1.82) is 0 Å². The molecule has 0 spiro atoms. The largest absolute Gasteiger partial charge is 0.330 e. The third-order valence-electron chi connectivity index (χ3n) is 3.84. The zero-order valence-electron chi connectivity index (χ0n) is 10.9. The molecule has 5 nitrogen and oxygen atoms in total. The summed E-state index contributed by atoms with van der Waals surface area (Å²) in [5, 5.41) is 0. The van der Waals surface area contributed by atoms with Crippen molar-refractivity contribution in [2.75, 3.05) is 33.2 Å². The van der Waals surface area contributed by atoms with E-state index in [1.165, 1.54) is 17.1 Å². The number of nitrogens with zero attached hydrogens (tertiary/aromatic N) is 2. The van der Waals surface area contributed by atoms with Gasteiger partial charge in [0.2, 0.25) is 0 Å². The third-order valence-corrected chi connectivity index (χ3v) is 5.79. The van der Waals surface area contributed by atoms with Gasteiger partial charge >= 0.3 is 0 Å². The van der Waals surface area contributed by atoms with Crippen molar-refractivity contribution in [3.05, 3.63) is 0 Å². The summed E-state index contributed by atoms with van der Waals surface area (Å²) in [7, 11) is -1.53. The van der Waals surface area contributed by atoms with Gasteiger partial charge in [0.1, 0.15) is 0 Å². The van der Waals surface area contributed by atoms with E-state index in [1.807, 2.05) is 0 Å². The van der Waals surface area contributed by atoms with Crippen LogP contribution in [-0.2, 0) is 10.2 Å². The maximum atomic E-state index is 12.3. The Balaban J connectivity index is 0.00000162. The first-order chi connectivity index (χ1) is 8.04. The standard InChI is InChI=1S/C11H23N3O2S.ClH/c1-13(9-11-2-3-11)17(15,16)14-6-4-10(8-12)5-7-14;/h10-11H,2-9,12H2,1H3;1H. The van der Waals surface area contributed by atoms with E-state index in [9.17, 15) is 8.42 Å². The van der Waals surface area contributed by atoms with E-state index in [0.717, 1.165) is 12.8 Å². The summed E-state index contributed by atoms with van der Waals surface area (Å²) < 4.78 is 27.7. The van der Waals surface area contributed by atoms with Gasteiger partial charge in [0.05, 0.1) is 0 Å². The van der Waals surface area contributed by atoms with E-state index in [4.69, 9.17) is 5.73 Å². The Morgan fingerprint density at radius 3 is 2.17 bits per heavy atom. The molecule has 0 radical (unpaired) electrons. The van der Waals surface area contributed by atoms with Gasteiger partial charge in [-0.15, -0.1) is 12.4 Å². The second-order valence-corrected chi connectivity index (χ2v) is 7.35. The van der Waals surface area contributed by atoms with E-state index in [2.05, 4.69) is 0 Å². The van der Waals surface area contributed by atoms with Gasteiger partial charge < -0.3 is 5.73 Å². The van der Waals surface area contributed by atoms with E-state index in [-0.39, 0.29) is 12.4 Å². The fourth-order valence-electron chi connectivity index (χ4n) is 2.33. The lowest BCUT2D eigenvalue weighted by atomic mass is 9.99. The molecule has 7 heteroatoms. The van der Waals surface area contributed by atoms with Crippen LogP contribution in [0.15, 0.2) is 0 Å². The topological polar surface area (TPSA) is 66.6 Å². The molecule has 0 aromatic rings. The van der Waals surface area contributed by atoms with Gasteiger partial charge in [0, 0.05) is 26.7 Å². The molecule has 0 aromatic heterocycles. The highest BCUT2D eigenvalue weighted by Crippen LogP contribution is 2.30. The molecule has 0 amide bonds. The van der Waals surface area contributed by atoms with Crippen molar-refractivity contribution < 1.29 is 8.42 Å². The summed E-state index contributed by atoms with van der Waals surface area (Å²) in [4.78, 5) is 0. The SMILES string of the molecule is CN(CC1CC1)S(=O)(=O)N1CCC(CN)CC1.Cl. The summed E-state index contributed by atoms with van der Waals surface area (Å²) in [6, 6.07) is 0. The van der Waals surface area contributed by atoms with Crippen molar-refractivity contribution in [2.24, 2.45) is 17.6 Å². The third kappa shape index (κ3) is 3.81. The lowest BCUT2D eigenvalue weighted by Gasteiger charge is -2.33. The summed E-state index contributed by atoms with van der Waals surface area (Å²) >= 11 is 0. The van der Waals surface area contributed by atoms with Gasteiger partial charge in [-0.3, -0.25) is 0 Å². The van der Waals surface area contributed by atoms with Crippen LogP contribution in [0.1, 0.15) is 25.7 Å². The van der Waals surface area contributed by atoms with Gasteiger partial charge in [-0.05, 0) is 44.1 Å². The summed E-state index contributed by atoms with van der Waals surface area (Å²) in [6.07, 6.45) is 4.14. The quantitative estimate of drug-likeness (QED) is 0.811. The van der Waals surface area contributed by atoms with E-state index in [1.54, 1.807) is 11.4 Å². The fourth-order valence-corrected chi connectivity index (χ4v) is 3.80. The summed E-state index contributed by atoms with van der Waals surface area (Å²) in [6.45, 7) is 2.60. The second kappa shape index (κ2) is 6.52. The average Bonchev–Trinajstić information content (AvgIpc) is 3.13. The Kier molecular flexibility index (Phi) is 5.86. The molecule has 1 aliphatic heterocycles. The Morgan fingerprint density at radius 2 is 1.72 bits per heavy atom. The molecule has 1 saturated heterocycles. The van der Waals surface area contributed by atoms with Crippen LogP contribution in [0.2, 0.25) is 0 Å². The van der Waals surface area contributed by atoms with Crippen molar-refractivity contribution >= 4 is 22.6 Å². The maximum Gasteiger partial charge on any atom is 0.281 e. The molecule has 18 heavy (non-hydrogen) atoms. The Bertz CT molecular complexity index is 351. The molecular formula is C11H24ClN3O2S. The van der Waals surface area contributed by atoms with Crippen LogP contribution in [0, 0.1) is 11.8 Å². The molecule has 1 heterocycles. The van der Waals surface area contributed by atoms with E-state index < -0.39 is 10.2 Å². The highest BCUT2D eigenvalue weighted by atomic mass is 35.5. The van der Waals surface area contributed by atoms with Crippen LogP contribution in [-0.4, -0.2) is 50.3 Å². The van der Waals surface area contributed by atoms with E-state index in [0.29, 0.717) is 38.0 Å². The van der Waals surface area contributed by atoms with Crippen LogP contribution in [0.25, 0.3) is 0 Å². The fraction of sp³-hybridized carbons (Fsp3) is 1.00. The van der Waals surface area contributed by atoms with Gasteiger partial charge in [-0.25, -0.2) is 0 Å². The Labute approximate surface area is 116 Å². The highest BCUT2D eigenvalue weighted by Gasteiger charge is 2.33. The zero-order valence-corrected chi connectivity index (χ0v) is 12.5. The Hall–Kier alpha value is 0.120. The lowest BCUT2D eigenvalue weighted by Crippen LogP contribution is -2.46. The first-order valence-electron chi connectivity index (χ1n) is 6.45. The summed E-state index contributed by atoms with van der Waals surface area (Å²) in [5.74, 6) is 1.09. The molecule has 2 rings (SSSR count). The van der Waals surface area contributed by atoms with Crippen molar-refractivity contribution in [1.82, 2.24) is 8.61 Å². The monoisotopic (exact) mass is 297 g/mol. The normalized spacial score (nSPS) is 23.1. The predicted octanol–water partition coefficient (Wildman–Crippen LogP) is 0.666. The van der Waals surface area contributed by atoms with Gasteiger partial charge in [0.25, 0.3) is 10.2 Å². The Morgan fingerprint density at radius 1 is 1.17 bits per heavy atom. The van der Waals surface area contributed by atoms with Crippen LogP contribution in [0.5, 0.6) is 0 Å². The van der Waals surface area contributed by atoms with Crippen molar-refractivity contribution in [3.8, 4) is 0 Å². The number of hydrogen-bond donors (Lipinski definition) is 1. The molecular weight excluding hydrogens is 274 g/mol. The van der Waals surface area contributed by atoms with Gasteiger partial charge in [-0.2, -0.15) is 17.0 Å². The van der Waals surface area contributed by atoms with Crippen molar-refractivity contribution in [3.63, 3.8) is 0 Å². The molecule has 2 aliphatic rings. The maximum absolute atomic E-state index is 12.3. The van der Waals surface area contributed by atoms with Crippen LogP contribution in [0.3, 0.4) is 0 Å². The molecule has 0 atom stereocenters. The smallest absolute Gasteiger partial charge is 0.281 e. The minimum absolute atomic E-state index is 0. The first kappa shape index (κ1) is 16.2. The van der Waals surface area contributed by atoms with Gasteiger partial charge in [0.15, 0.2) is 0 Å². The molecule has 1 saturated carbocycles. The zero-order chi connectivity index (χ0) is 12.5. The average molecular weight is 298 g/mol. The highest BCUT2D eigenvalue weighted by molar-refractivity contribution is 7.86. The minimum atomic E-state index is -3.22. The van der Waals surface area contributed by atoms with Gasteiger partial charge in [-0.1, -0.05) is 0 Å². The molecule has 0 unspecified atom stereocenters. The number of nitrogens with two attached hydrogens (primary N) is 1. The predicted molar refractivity (Wildman–Crippen MR) is 74.9 cm³/mol. The number of halogens is 1. The van der Waals surface area contributed by atoms with Crippen LogP contribution in [0.4, 0.5) is 0 Å². The van der Waals surface area contributed by atoms with Crippen LogP contribution < -0.4 is 5.73 Å². The van der Waals surface area contributed by atoms with Crippen molar-refractivity contribution in [2.45, 2.75) is 25.7 Å². The number of hydrogen-bond acceptors (Lipinski definition) is 3. The number of rotatable bonds is 5. The van der Waals surface area contributed by atoms with E-state index >= 15 is 0 Å². The number of piperidine rings is 1.